The number of ether oxygens (including phenoxy) is 1. The van der Waals surface area contributed by atoms with Crippen molar-refractivity contribution in [2.45, 2.75) is 32.5 Å². The van der Waals surface area contributed by atoms with Crippen molar-refractivity contribution in [3.8, 4) is 0 Å². The number of fused-ring (bicyclic) bond motifs is 1. The molecule has 0 fully saturated rings. The van der Waals surface area contributed by atoms with E-state index in [2.05, 4.69) is 15.4 Å². The van der Waals surface area contributed by atoms with Crippen molar-refractivity contribution in [3.63, 3.8) is 0 Å². The Balaban J connectivity index is 1.69. The first-order valence-corrected chi connectivity index (χ1v) is 8.12. The summed E-state index contributed by atoms with van der Waals surface area (Å²) >= 11 is 0. The molecule has 6 nitrogen and oxygen atoms in total. The summed E-state index contributed by atoms with van der Waals surface area (Å²) in [6, 6.07) is 3.84. The Bertz CT molecular complexity index is 752. The van der Waals surface area contributed by atoms with Gasteiger partial charge in [0.15, 0.2) is 0 Å². The fourth-order valence-corrected chi connectivity index (χ4v) is 3.05. The van der Waals surface area contributed by atoms with E-state index in [1.165, 1.54) is 0 Å². The molecule has 0 bridgehead atoms. The lowest BCUT2D eigenvalue weighted by Gasteiger charge is -2.24. The summed E-state index contributed by atoms with van der Waals surface area (Å²) in [6.07, 6.45) is 8.07. The highest BCUT2D eigenvalue weighted by Gasteiger charge is 2.30. The van der Waals surface area contributed by atoms with E-state index < -0.39 is 0 Å². The number of hydrogen-bond donors (Lipinski definition) is 1. The minimum Gasteiger partial charge on any atom is -0.369 e. The molecule has 1 aliphatic rings. The summed E-state index contributed by atoms with van der Waals surface area (Å²) in [5.41, 5.74) is 3.50. The normalized spacial score (nSPS) is 20.1. The Morgan fingerprint density at radius 2 is 2.33 bits per heavy atom. The van der Waals surface area contributed by atoms with Gasteiger partial charge in [0.1, 0.15) is 5.69 Å². The van der Waals surface area contributed by atoms with Gasteiger partial charge in [0.25, 0.3) is 5.91 Å². The highest BCUT2D eigenvalue weighted by Crippen LogP contribution is 2.30. The third kappa shape index (κ3) is 3.38. The molecule has 0 saturated carbocycles. The molecule has 2 aromatic rings. The standard InChI is InChI=1S/C18H22N4O2/c1-12-10-15-16(13(2)24-12)21-22(3)17(15)18(23)20-9-5-7-14-6-4-8-19-11-14/h4-8,11-13H,9-10H2,1-3H3,(H,20,23)/b7-5+/t12-,13+/m1/s1. The highest BCUT2D eigenvalue weighted by atomic mass is 16.5. The molecule has 0 aromatic carbocycles. The lowest BCUT2D eigenvalue weighted by molar-refractivity contribution is -0.00709. The Morgan fingerprint density at radius 1 is 1.50 bits per heavy atom. The second kappa shape index (κ2) is 6.97. The van der Waals surface area contributed by atoms with Crippen molar-refractivity contribution in [1.82, 2.24) is 20.1 Å². The first-order chi connectivity index (χ1) is 11.6. The SMILES string of the molecule is C[C@@H]1Cc2c(nn(C)c2C(=O)NC/C=C/c2cccnc2)[C@H](C)O1. The van der Waals surface area contributed by atoms with Crippen LogP contribution in [0.1, 0.15) is 47.3 Å². The van der Waals surface area contributed by atoms with E-state index in [0.29, 0.717) is 18.7 Å². The predicted molar refractivity (Wildman–Crippen MR) is 91.5 cm³/mol. The van der Waals surface area contributed by atoms with E-state index in [9.17, 15) is 4.79 Å². The molecule has 126 valence electrons. The molecule has 1 amide bonds. The highest BCUT2D eigenvalue weighted by molar-refractivity contribution is 5.94. The van der Waals surface area contributed by atoms with Gasteiger partial charge in [-0.05, 0) is 25.5 Å². The maximum atomic E-state index is 12.6. The van der Waals surface area contributed by atoms with Crippen LogP contribution in [-0.2, 0) is 18.2 Å². The molecule has 3 heterocycles. The molecule has 0 unspecified atom stereocenters. The molecule has 1 aliphatic heterocycles. The van der Waals surface area contributed by atoms with Crippen LogP contribution in [0.5, 0.6) is 0 Å². The number of rotatable bonds is 4. The first-order valence-electron chi connectivity index (χ1n) is 8.12. The molecule has 0 aliphatic carbocycles. The summed E-state index contributed by atoms with van der Waals surface area (Å²) in [7, 11) is 1.80. The van der Waals surface area contributed by atoms with Crippen molar-refractivity contribution in [2.24, 2.45) is 7.05 Å². The summed E-state index contributed by atoms with van der Waals surface area (Å²) in [5, 5.41) is 7.40. The van der Waals surface area contributed by atoms with E-state index in [1.54, 1.807) is 24.1 Å². The Kier molecular flexibility index (Phi) is 4.76. The zero-order valence-electron chi connectivity index (χ0n) is 14.2. The molecule has 6 heteroatoms. The smallest absolute Gasteiger partial charge is 0.270 e. The third-order valence-corrected chi connectivity index (χ3v) is 4.08. The molecule has 0 saturated heterocycles. The number of carbonyl (C=O) groups excluding carboxylic acids is 1. The fourth-order valence-electron chi connectivity index (χ4n) is 3.05. The van der Waals surface area contributed by atoms with Gasteiger partial charge in [0.05, 0.1) is 17.9 Å². The Hall–Kier alpha value is -2.47. The molecule has 24 heavy (non-hydrogen) atoms. The van der Waals surface area contributed by atoms with Crippen LogP contribution < -0.4 is 5.32 Å². The number of carbonyl (C=O) groups is 1. The maximum Gasteiger partial charge on any atom is 0.270 e. The molecule has 2 atom stereocenters. The van der Waals surface area contributed by atoms with E-state index in [4.69, 9.17) is 4.74 Å². The van der Waals surface area contributed by atoms with Crippen LogP contribution in [0.15, 0.2) is 30.6 Å². The van der Waals surface area contributed by atoms with Crippen molar-refractivity contribution in [3.05, 3.63) is 53.1 Å². The second-order valence-electron chi connectivity index (χ2n) is 6.03. The van der Waals surface area contributed by atoms with Crippen molar-refractivity contribution in [2.75, 3.05) is 6.54 Å². The van der Waals surface area contributed by atoms with Crippen LogP contribution >= 0.6 is 0 Å². The first kappa shape index (κ1) is 16.4. The fraction of sp³-hybridized carbons (Fsp3) is 0.389. The molecule has 2 aromatic heterocycles. The van der Waals surface area contributed by atoms with Gasteiger partial charge in [-0.3, -0.25) is 14.5 Å². The van der Waals surface area contributed by atoms with E-state index in [0.717, 1.165) is 16.8 Å². The van der Waals surface area contributed by atoms with E-state index in [-0.39, 0.29) is 18.1 Å². The van der Waals surface area contributed by atoms with Gasteiger partial charge in [-0.25, -0.2) is 0 Å². The largest absolute Gasteiger partial charge is 0.369 e. The van der Waals surface area contributed by atoms with E-state index in [1.807, 2.05) is 38.1 Å². The van der Waals surface area contributed by atoms with Gasteiger partial charge in [0.2, 0.25) is 0 Å². The predicted octanol–water partition coefficient (Wildman–Crippen LogP) is 2.28. The van der Waals surface area contributed by atoms with Gasteiger partial charge >= 0.3 is 0 Å². The molecule has 3 rings (SSSR count). The number of hydrogen-bond acceptors (Lipinski definition) is 4. The van der Waals surface area contributed by atoms with Gasteiger partial charge < -0.3 is 10.1 Å². The molecular weight excluding hydrogens is 304 g/mol. The third-order valence-electron chi connectivity index (χ3n) is 4.08. The minimum absolute atomic E-state index is 0.0815. The van der Waals surface area contributed by atoms with Crippen LogP contribution in [0.2, 0.25) is 0 Å². The van der Waals surface area contributed by atoms with Crippen molar-refractivity contribution < 1.29 is 9.53 Å². The maximum absolute atomic E-state index is 12.6. The monoisotopic (exact) mass is 326 g/mol. The topological polar surface area (TPSA) is 69.0 Å². The molecule has 0 spiro atoms. The minimum atomic E-state index is -0.108. The summed E-state index contributed by atoms with van der Waals surface area (Å²) < 4.78 is 7.44. The number of nitrogens with zero attached hydrogens (tertiary/aromatic N) is 3. The number of aryl methyl sites for hydroxylation is 1. The molecule has 1 N–H and O–H groups in total. The molecule has 0 radical (unpaired) electrons. The van der Waals surface area contributed by atoms with Crippen LogP contribution in [0, 0.1) is 0 Å². The van der Waals surface area contributed by atoms with Gasteiger partial charge in [-0.15, -0.1) is 0 Å². The average Bonchev–Trinajstić information content (AvgIpc) is 2.89. The quantitative estimate of drug-likeness (QED) is 0.936. The van der Waals surface area contributed by atoms with Crippen LogP contribution in [0.4, 0.5) is 0 Å². The van der Waals surface area contributed by atoms with Crippen molar-refractivity contribution in [1.29, 1.82) is 0 Å². The second-order valence-corrected chi connectivity index (χ2v) is 6.03. The molecular formula is C18H22N4O2. The summed E-state index contributed by atoms with van der Waals surface area (Å²) in [6.45, 7) is 4.44. The average molecular weight is 326 g/mol. The van der Waals surface area contributed by atoms with Crippen LogP contribution in [0.3, 0.4) is 0 Å². The van der Waals surface area contributed by atoms with Crippen LogP contribution in [0.25, 0.3) is 6.08 Å². The van der Waals surface area contributed by atoms with Crippen molar-refractivity contribution >= 4 is 12.0 Å². The number of pyridine rings is 1. The lowest BCUT2D eigenvalue weighted by atomic mass is 9.99. The lowest BCUT2D eigenvalue weighted by Crippen LogP contribution is -2.28. The summed E-state index contributed by atoms with van der Waals surface area (Å²) in [5.74, 6) is -0.108. The zero-order valence-corrected chi connectivity index (χ0v) is 14.2. The number of aromatic nitrogens is 3. The van der Waals surface area contributed by atoms with E-state index >= 15 is 0 Å². The number of amides is 1. The number of nitrogens with one attached hydrogen (secondary N) is 1. The van der Waals surface area contributed by atoms with Gasteiger partial charge in [-0.1, -0.05) is 18.2 Å². The Labute approximate surface area is 141 Å². The van der Waals surface area contributed by atoms with Gasteiger partial charge in [-0.2, -0.15) is 5.10 Å². The Morgan fingerprint density at radius 3 is 3.08 bits per heavy atom. The van der Waals surface area contributed by atoms with Crippen LogP contribution in [-0.4, -0.2) is 33.3 Å². The zero-order chi connectivity index (χ0) is 17.1. The van der Waals surface area contributed by atoms with Gasteiger partial charge in [0, 0.05) is 38.0 Å². The summed E-state index contributed by atoms with van der Waals surface area (Å²) in [4.78, 5) is 16.6.